The number of anilines is 1. The minimum atomic E-state index is -0.987. The van der Waals surface area contributed by atoms with Crippen LogP contribution in [0.15, 0.2) is 52.3 Å². The van der Waals surface area contributed by atoms with Gasteiger partial charge in [0.2, 0.25) is 0 Å². The van der Waals surface area contributed by atoms with Crippen molar-refractivity contribution in [2.45, 2.75) is 9.79 Å². The van der Waals surface area contributed by atoms with E-state index in [4.69, 9.17) is 22.4 Å². The summed E-state index contributed by atoms with van der Waals surface area (Å²) in [5.41, 5.74) is 6.23. The fourth-order valence-corrected chi connectivity index (χ4v) is 2.48. The Morgan fingerprint density at radius 2 is 1.83 bits per heavy atom. The maximum atomic E-state index is 11.1. The van der Waals surface area contributed by atoms with E-state index in [2.05, 4.69) is 0 Å². The number of benzene rings is 2. The third kappa shape index (κ3) is 2.97. The average Bonchev–Trinajstić information content (AvgIpc) is 2.34. The van der Waals surface area contributed by atoms with Crippen molar-refractivity contribution in [1.29, 1.82) is 0 Å². The van der Waals surface area contributed by atoms with Crippen molar-refractivity contribution in [1.82, 2.24) is 0 Å². The minimum Gasteiger partial charge on any atom is -0.478 e. The monoisotopic (exact) mass is 279 g/mol. The number of nitrogens with two attached hydrogens (primary N) is 1. The summed E-state index contributed by atoms with van der Waals surface area (Å²) in [6, 6.07) is 12.1. The summed E-state index contributed by atoms with van der Waals surface area (Å²) in [7, 11) is 0. The van der Waals surface area contributed by atoms with Gasteiger partial charge in [0.15, 0.2) is 0 Å². The van der Waals surface area contributed by atoms with E-state index in [-0.39, 0.29) is 5.56 Å². The standard InChI is InChI=1S/C13H10ClNO2S/c14-8-1-4-10(5-2-8)18-12-6-3-9(15)7-11(12)13(16)17/h1-7H,15H2,(H,16,17). The van der Waals surface area contributed by atoms with E-state index in [1.165, 1.54) is 17.8 Å². The van der Waals surface area contributed by atoms with Gasteiger partial charge in [0.25, 0.3) is 0 Å². The molecule has 92 valence electrons. The summed E-state index contributed by atoms with van der Waals surface area (Å²) in [5, 5.41) is 9.77. The molecule has 2 aromatic rings. The van der Waals surface area contributed by atoms with E-state index in [0.717, 1.165) is 4.90 Å². The molecular formula is C13H10ClNO2S. The Labute approximate surface area is 114 Å². The van der Waals surface area contributed by atoms with Crippen molar-refractivity contribution in [3.05, 3.63) is 53.1 Å². The second-order valence-corrected chi connectivity index (χ2v) is 5.17. The smallest absolute Gasteiger partial charge is 0.336 e. The van der Waals surface area contributed by atoms with Crippen LogP contribution in [0.25, 0.3) is 0 Å². The molecule has 0 bridgehead atoms. The number of hydrogen-bond acceptors (Lipinski definition) is 3. The zero-order valence-electron chi connectivity index (χ0n) is 9.26. The molecular weight excluding hydrogens is 270 g/mol. The molecule has 0 atom stereocenters. The first-order valence-electron chi connectivity index (χ1n) is 5.12. The summed E-state index contributed by atoms with van der Waals surface area (Å²) in [4.78, 5) is 12.7. The van der Waals surface area contributed by atoms with Crippen LogP contribution < -0.4 is 5.73 Å². The van der Waals surface area contributed by atoms with Crippen molar-refractivity contribution in [3.63, 3.8) is 0 Å². The van der Waals surface area contributed by atoms with Crippen LogP contribution in [0.3, 0.4) is 0 Å². The molecule has 18 heavy (non-hydrogen) atoms. The van der Waals surface area contributed by atoms with Gasteiger partial charge in [-0.05, 0) is 42.5 Å². The number of carboxylic acids is 1. The fourth-order valence-electron chi connectivity index (χ4n) is 1.43. The van der Waals surface area contributed by atoms with Gasteiger partial charge in [-0.15, -0.1) is 0 Å². The molecule has 0 unspecified atom stereocenters. The van der Waals surface area contributed by atoms with Crippen molar-refractivity contribution in [2.75, 3.05) is 5.73 Å². The van der Waals surface area contributed by atoms with Crippen molar-refractivity contribution in [3.8, 4) is 0 Å². The zero-order chi connectivity index (χ0) is 13.1. The molecule has 0 heterocycles. The highest BCUT2D eigenvalue weighted by atomic mass is 35.5. The quantitative estimate of drug-likeness (QED) is 0.840. The zero-order valence-corrected chi connectivity index (χ0v) is 10.8. The minimum absolute atomic E-state index is 0.204. The van der Waals surface area contributed by atoms with Gasteiger partial charge in [-0.3, -0.25) is 0 Å². The summed E-state index contributed by atoms with van der Waals surface area (Å²) in [6.45, 7) is 0. The highest BCUT2D eigenvalue weighted by Gasteiger charge is 2.11. The van der Waals surface area contributed by atoms with E-state index in [0.29, 0.717) is 15.6 Å². The lowest BCUT2D eigenvalue weighted by Gasteiger charge is -2.06. The highest BCUT2D eigenvalue weighted by molar-refractivity contribution is 7.99. The number of nitrogen functional groups attached to an aromatic ring is 1. The van der Waals surface area contributed by atoms with Gasteiger partial charge < -0.3 is 10.8 Å². The summed E-state index contributed by atoms with van der Waals surface area (Å²) >= 11 is 7.16. The summed E-state index contributed by atoms with van der Waals surface area (Å²) < 4.78 is 0. The Morgan fingerprint density at radius 3 is 2.44 bits per heavy atom. The number of halogens is 1. The number of rotatable bonds is 3. The molecule has 2 aromatic carbocycles. The maximum absolute atomic E-state index is 11.1. The lowest BCUT2D eigenvalue weighted by molar-refractivity contribution is 0.0693. The first-order chi connectivity index (χ1) is 8.56. The molecule has 0 aliphatic carbocycles. The number of carboxylic acid groups (broad SMARTS) is 1. The molecule has 0 spiro atoms. The normalized spacial score (nSPS) is 10.3. The number of carbonyl (C=O) groups is 1. The summed E-state index contributed by atoms with van der Waals surface area (Å²) in [5.74, 6) is -0.987. The number of aromatic carboxylic acids is 1. The van der Waals surface area contributed by atoms with E-state index in [9.17, 15) is 4.79 Å². The molecule has 0 aliphatic rings. The van der Waals surface area contributed by atoms with Crippen molar-refractivity contribution < 1.29 is 9.90 Å². The Hall–Kier alpha value is -1.65. The second-order valence-electron chi connectivity index (χ2n) is 3.62. The molecule has 0 radical (unpaired) electrons. The molecule has 0 amide bonds. The van der Waals surface area contributed by atoms with Gasteiger partial charge >= 0.3 is 5.97 Å². The lowest BCUT2D eigenvalue weighted by atomic mass is 10.2. The van der Waals surface area contributed by atoms with Crippen LogP contribution in [0.4, 0.5) is 5.69 Å². The van der Waals surface area contributed by atoms with Gasteiger partial charge in [-0.25, -0.2) is 4.79 Å². The van der Waals surface area contributed by atoms with Crippen molar-refractivity contribution in [2.24, 2.45) is 0 Å². The third-order valence-electron chi connectivity index (χ3n) is 2.28. The van der Waals surface area contributed by atoms with Crippen LogP contribution in [0, 0.1) is 0 Å². The van der Waals surface area contributed by atoms with E-state index in [1.54, 1.807) is 24.3 Å². The maximum Gasteiger partial charge on any atom is 0.336 e. The fraction of sp³-hybridized carbons (Fsp3) is 0. The molecule has 2 rings (SSSR count). The molecule has 0 aromatic heterocycles. The van der Waals surface area contributed by atoms with Gasteiger partial charge in [0.1, 0.15) is 0 Å². The van der Waals surface area contributed by atoms with Crippen molar-refractivity contribution >= 4 is 35.0 Å². The van der Waals surface area contributed by atoms with Crippen LogP contribution in [-0.2, 0) is 0 Å². The molecule has 0 aliphatic heterocycles. The van der Waals surface area contributed by atoms with Crippen LogP contribution in [0.1, 0.15) is 10.4 Å². The van der Waals surface area contributed by atoms with Crippen LogP contribution in [-0.4, -0.2) is 11.1 Å². The van der Waals surface area contributed by atoms with E-state index < -0.39 is 5.97 Å². The molecule has 0 fully saturated rings. The van der Waals surface area contributed by atoms with Gasteiger partial charge in [-0.2, -0.15) is 0 Å². The average molecular weight is 280 g/mol. The first-order valence-corrected chi connectivity index (χ1v) is 6.32. The predicted molar refractivity (Wildman–Crippen MR) is 73.4 cm³/mol. The molecule has 0 saturated carbocycles. The molecule has 5 heteroatoms. The number of hydrogen-bond donors (Lipinski definition) is 2. The molecule has 3 nitrogen and oxygen atoms in total. The second kappa shape index (κ2) is 5.33. The largest absolute Gasteiger partial charge is 0.478 e. The Bertz CT molecular complexity index is 584. The Kier molecular flexibility index (Phi) is 3.79. The topological polar surface area (TPSA) is 63.3 Å². The van der Waals surface area contributed by atoms with Crippen LogP contribution in [0.2, 0.25) is 5.02 Å². The third-order valence-corrected chi connectivity index (χ3v) is 3.61. The Balaban J connectivity index is 2.34. The molecule has 0 saturated heterocycles. The highest BCUT2D eigenvalue weighted by Crippen LogP contribution is 2.32. The predicted octanol–water partition coefficient (Wildman–Crippen LogP) is 3.77. The SMILES string of the molecule is Nc1ccc(Sc2ccc(Cl)cc2)c(C(=O)O)c1. The van der Waals surface area contributed by atoms with Gasteiger partial charge in [0, 0.05) is 20.5 Å². The van der Waals surface area contributed by atoms with E-state index >= 15 is 0 Å². The summed E-state index contributed by atoms with van der Waals surface area (Å²) in [6.07, 6.45) is 0. The molecule has 3 N–H and O–H groups in total. The van der Waals surface area contributed by atoms with E-state index in [1.807, 2.05) is 12.1 Å². The Morgan fingerprint density at radius 1 is 1.17 bits per heavy atom. The van der Waals surface area contributed by atoms with Crippen LogP contribution in [0.5, 0.6) is 0 Å². The van der Waals surface area contributed by atoms with Gasteiger partial charge in [-0.1, -0.05) is 23.4 Å². The first kappa shape index (κ1) is 12.8. The lowest BCUT2D eigenvalue weighted by Crippen LogP contribution is -2.00. The van der Waals surface area contributed by atoms with Crippen LogP contribution >= 0.6 is 23.4 Å². The van der Waals surface area contributed by atoms with Gasteiger partial charge in [0.05, 0.1) is 5.56 Å².